The molecule has 0 radical (unpaired) electrons. The number of alkyl halides is 1. The molecule has 7 heterocycles. The number of nitrogens with zero attached hydrogens (tertiary/aromatic N) is 7. The lowest BCUT2D eigenvalue weighted by Crippen LogP contribution is -2.64. The van der Waals surface area contributed by atoms with Crippen molar-refractivity contribution in [2.24, 2.45) is 0 Å². The Morgan fingerprint density at radius 3 is 2.75 bits per heavy atom. The summed E-state index contributed by atoms with van der Waals surface area (Å²) in [7, 11) is 0. The Kier molecular flexibility index (Phi) is 7.50. The van der Waals surface area contributed by atoms with Gasteiger partial charge in [-0.3, -0.25) is 9.47 Å². The minimum absolute atomic E-state index is 0.000296. The first-order valence-electron chi connectivity index (χ1n) is 17.2. The van der Waals surface area contributed by atoms with Gasteiger partial charge in [-0.05, 0) is 69.3 Å². The lowest BCUT2D eigenvalue weighted by Gasteiger charge is -2.50. The van der Waals surface area contributed by atoms with Crippen LogP contribution in [0, 0.1) is 25.5 Å². The predicted molar refractivity (Wildman–Crippen MR) is 192 cm³/mol. The molecule has 0 unspecified atom stereocenters. The molecule has 3 aromatic heterocycles. The predicted octanol–water partition coefficient (Wildman–Crippen LogP) is 7.12. The van der Waals surface area contributed by atoms with Gasteiger partial charge in [0.15, 0.2) is 5.82 Å². The van der Waals surface area contributed by atoms with Crippen molar-refractivity contribution >= 4 is 60.8 Å². The number of nitrogen functional groups attached to an aromatic ring is 1. The van der Waals surface area contributed by atoms with Crippen molar-refractivity contribution in [3.63, 3.8) is 0 Å². The fourth-order valence-electron chi connectivity index (χ4n) is 8.87. The molecule has 15 heteroatoms. The van der Waals surface area contributed by atoms with E-state index in [0.29, 0.717) is 76.4 Å². The van der Waals surface area contributed by atoms with Crippen molar-refractivity contribution in [2.75, 3.05) is 50.0 Å². The number of anilines is 2. The summed E-state index contributed by atoms with van der Waals surface area (Å²) in [6.45, 7) is 6.57. The molecule has 51 heavy (non-hydrogen) atoms. The Balaban J connectivity index is 1.14. The molecule has 5 aromatic rings. The molecular formula is C36H36ClF3N8O2S. The maximum atomic E-state index is 17.1. The normalized spacial score (nSPS) is 24.7. The number of carbonyl (C=O) groups is 1. The molecule has 4 fully saturated rings. The van der Waals surface area contributed by atoms with E-state index >= 15 is 4.39 Å². The number of nitrogens with two attached hydrogens (primary N) is 1. The topological polar surface area (TPSA) is 106 Å². The van der Waals surface area contributed by atoms with E-state index in [9.17, 15) is 13.6 Å². The monoisotopic (exact) mass is 736 g/mol. The molecule has 266 valence electrons. The summed E-state index contributed by atoms with van der Waals surface area (Å²) in [6.07, 6.45) is 5.89. The van der Waals surface area contributed by atoms with Crippen LogP contribution >= 0.6 is 22.9 Å². The van der Waals surface area contributed by atoms with E-state index in [0.717, 1.165) is 42.8 Å². The summed E-state index contributed by atoms with van der Waals surface area (Å²) >= 11 is 8.05. The molecule has 4 aliphatic rings. The molecule has 4 saturated heterocycles. The van der Waals surface area contributed by atoms with Crippen molar-refractivity contribution in [1.29, 1.82) is 0 Å². The van der Waals surface area contributed by atoms with Crippen molar-refractivity contribution in [3.8, 4) is 17.1 Å². The second kappa shape index (κ2) is 11.7. The standard InChI is InChI=1S/C36H36ClF3N8O2S/c1-19-14-46(18-42-19)34(49)48-11-8-35(48)7-10-45(16-35)32-23-12-24(37)27(22-4-5-25(39)30-26(22)20(2)31(41)51-30)28(40)29(23)43-33(44-32)50-17-36-6-3-9-47(36)15-21(38)13-36/h4-5,12,14,18,21H,3,6-11,13,15-17,41H2,1-2H3/t21-,35-,36+/m1/s1. The Morgan fingerprint density at radius 1 is 1.16 bits per heavy atom. The molecule has 3 atom stereocenters. The number of hydrogen-bond donors (Lipinski definition) is 1. The molecule has 1 spiro atoms. The number of fused-ring (bicyclic) bond motifs is 3. The van der Waals surface area contributed by atoms with Crippen molar-refractivity contribution in [2.45, 2.75) is 63.2 Å². The van der Waals surface area contributed by atoms with E-state index in [1.54, 1.807) is 19.2 Å². The summed E-state index contributed by atoms with van der Waals surface area (Å²) in [5, 5.41) is 1.43. The number of carbonyl (C=O) groups excluding carboxylic acids is 1. The number of aromatic nitrogens is 4. The van der Waals surface area contributed by atoms with Gasteiger partial charge in [-0.25, -0.2) is 22.9 Å². The Labute approximate surface area is 301 Å². The van der Waals surface area contributed by atoms with Gasteiger partial charge < -0.3 is 20.3 Å². The molecule has 2 N–H and O–H groups in total. The fourth-order valence-corrected chi connectivity index (χ4v) is 10.2. The zero-order chi connectivity index (χ0) is 35.4. The lowest BCUT2D eigenvalue weighted by atomic mass is 9.84. The van der Waals surface area contributed by atoms with E-state index in [1.165, 1.54) is 23.0 Å². The minimum Gasteiger partial charge on any atom is -0.461 e. The summed E-state index contributed by atoms with van der Waals surface area (Å²) in [6, 6.07) is 4.29. The molecule has 1 amide bonds. The van der Waals surface area contributed by atoms with Gasteiger partial charge in [0.25, 0.3) is 0 Å². The molecule has 4 aliphatic heterocycles. The summed E-state index contributed by atoms with van der Waals surface area (Å²) in [5.41, 5.74) is 7.18. The van der Waals surface area contributed by atoms with E-state index < -0.39 is 28.9 Å². The first kappa shape index (κ1) is 32.7. The van der Waals surface area contributed by atoms with Gasteiger partial charge >= 0.3 is 12.0 Å². The SMILES string of the molecule is Cc1cn(C(=O)N2CC[C@@]23CCN(c2nc(OC[C@@]45CCCN4C[C@H](F)C5)nc4c(F)c(-c5ccc(F)c6sc(N)c(C)c56)c(Cl)cc24)C3)cn1. The van der Waals surface area contributed by atoms with Crippen molar-refractivity contribution in [3.05, 3.63) is 58.6 Å². The van der Waals surface area contributed by atoms with Crippen LogP contribution in [0.2, 0.25) is 5.02 Å². The van der Waals surface area contributed by atoms with Crippen LogP contribution in [0.3, 0.4) is 0 Å². The smallest absolute Gasteiger partial charge is 0.329 e. The van der Waals surface area contributed by atoms with Crippen LogP contribution < -0.4 is 15.4 Å². The number of benzene rings is 2. The molecule has 2 aromatic carbocycles. The number of halogens is 4. The highest BCUT2D eigenvalue weighted by atomic mass is 35.5. The first-order valence-corrected chi connectivity index (χ1v) is 18.4. The average Bonchev–Trinajstić information content (AvgIpc) is 3.91. The second-order valence-electron chi connectivity index (χ2n) is 14.5. The van der Waals surface area contributed by atoms with Crippen LogP contribution in [0.15, 0.2) is 30.7 Å². The highest BCUT2D eigenvalue weighted by Gasteiger charge is 2.53. The van der Waals surface area contributed by atoms with E-state index in [-0.39, 0.29) is 34.8 Å². The third-order valence-electron chi connectivity index (χ3n) is 11.6. The molecule has 0 bridgehead atoms. The minimum atomic E-state index is -0.938. The Bertz CT molecular complexity index is 2260. The zero-order valence-corrected chi connectivity index (χ0v) is 29.8. The van der Waals surface area contributed by atoms with Gasteiger partial charge in [0.05, 0.1) is 31.5 Å². The first-order chi connectivity index (χ1) is 24.5. The number of hydrogen-bond acceptors (Lipinski definition) is 9. The maximum Gasteiger partial charge on any atom is 0.329 e. The molecular weight excluding hydrogens is 701 g/mol. The van der Waals surface area contributed by atoms with Crippen LogP contribution in [-0.2, 0) is 0 Å². The summed E-state index contributed by atoms with van der Waals surface area (Å²) in [5.74, 6) is -0.709. The Morgan fingerprint density at radius 2 is 1.98 bits per heavy atom. The highest BCUT2D eigenvalue weighted by molar-refractivity contribution is 7.23. The number of amides is 1. The number of thiophene rings is 1. The quantitative estimate of drug-likeness (QED) is 0.204. The number of likely N-dealkylation sites (tertiary alicyclic amines) is 1. The van der Waals surface area contributed by atoms with Crippen molar-refractivity contribution < 1.29 is 22.7 Å². The van der Waals surface area contributed by atoms with Gasteiger partial charge in [0.2, 0.25) is 0 Å². The second-order valence-corrected chi connectivity index (χ2v) is 16.0. The lowest BCUT2D eigenvalue weighted by molar-refractivity contribution is 0.0414. The van der Waals surface area contributed by atoms with E-state index in [1.807, 2.05) is 16.7 Å². The van der Waals surface area contributed by atoms with Crippen LogP contribution in [0.25, 0.3) is 32.1 Å². The van der Waals surface area contributed by atoms with E-state index in [2.05, 4.69) is 14.9 Å². The van der Waals surface area contributed by atoms with Crippen LogP contribution in [0.1, 0.15) is 43.4 Å². The van der Waals surface area contributed by atoms with Gasteiger partial charge in [-0.15, -0.1) is 11.3 Å². The fraction of sp³-hybridized carbons (Fsp3) is 0.444. The number of imidazole rings is 1. The zero-order valence-electron chi connectivity index (χ0n) is 28.2. The number of aryl methyl sites for hydroxylation is 2. The third-order valence-corrected chi connectivity index (χ3v) is 13.0. The van der Waals surface area contributed by atoms with Gasteiger partial charge in [-0.1, -0.05) is 17.7 Å². The molecule has 0 saturated carbocycles. The van der Waals surface area contributed by atoms with Crippen LogP contribution in [0.5, 0.6) is 6.01 Å². The molecule has 9 rings (SSSR count). The van der Waals surface area contributed by atoms with E-state index in [4.69, 9.17) is 27.1 Å². The van der Waals surface area contributed by atoms with Gasteiger partial charge in [-0.2, -0.15) is 9.97 Å². The molecule has 10 nitrogen and oxygen atoms in total. The van der Waals surface area contributed by atoms with Crippen molar-refractivity contribution in [1.82, 2.24) is 29.3 Å². The maximum absolute atomic E-state index is 17.1. The average molecular weight is 737 g/mol. The van der Waals surface area contributed by atoms with Gasteiger partial charge in [0, 0.05) is 55.1 Å². The highest BCUT2D eigenvalue weighted by Crippen LogP contribution is 2.48. The third kappa shape index (κ3) is 5.00. The van der Waals surface area contributed by atoms with Crippen LogP contribution in [-0.4, -0.2) is 91.9 Å². The van der Waals surface area contributed by atoms with Gasteiger partial charge in [0.1, 0.15) is 36.3 Å². The van der Waals surface area contributed by atoms with Crippen LogP contribution in [0.4, 0.5) is 28.8 Å². The number of rotatable bonds is 5. The summed E-state index contributed by atoms with van der Waals surface area (Å²) in [4.78, 5) is 33.3. The number of ether oxygens (including phenoxy) is 1. The Hall–Kier alpha value is -4.14. The molecule has 0 aliphatic carbocycles. The summed E-state index contributed by atoms with van der Waals surface area (Å²) < 4.78 is 54.8. The largest absolute Gasteiger partial charge is 0.461 e.